The summed E-state index contributed by atoms with van der Waals surface area (Å²) in [5.74, 6) is 0.310. The SMILES string of the molecule is [2H]c1c([2H])c(C)c(NC(=O)CN2CCN(CC(O)C([2H])([2H])Oc3ccccc3OC)CC2)c(C)c1[2H]. The molecule has 168 valence electrons. The van der Waals surface area contributed by atoms with Crippen molar-refractivity contribution in [2.75, 3.05) is 58.3 Å². The number of nitrogens with one attached hydrogen (secondary N) is 1. The number of anilines is 1. The number of methoxy groups -OCH3 is 1. The first-order valence-electron chi connectivity index (χ1n) is 12.8. The molecule has 0 spiro atoms. The average molecular weight is 433 g/mol. The van der Waals surface area contributed by atoms with E-state index in [1.165, 1.54) is 7.11 Å². The fourth-order valence-electron chi connectivity index (χ4n) is 3.44. The smallest absolute Gasteiger partial charge is 0.238 e. The Balaban J connectivity index is 1.51. The molecule has 7 heteroatoms. The third-order valence-corrected chi connectivity index (χ3v) is 5.15. The number of piperazine rings is 1. The molecule has 1 heterocycles. The van der Waals surface area contributed by atoms with Gasteiger partial charge in [-0.2, -0.15) is 0 Å². The molecule has 3 rings (SSSR count). The molecule has 0 saturated carbocycles. The van der Waals surface area contributed by atoms with Crippen LogP contribution in [0, 0.1) is 13.8 Å². The van der Waals surface area contributed by atoms with Crippen molar-refractivity contribution in [1.29, 1.82) is 0 Å². The maximum absolute atomic E-state index is 12.7. The predicted octanol–water partition coefficient (Wildman–Crippen LogP) is 2.31. The molecule has 2 N–H and O–H groups in total. The number of benzene rings is 2. The Morgan fingerprint density at radius 3 is 2.42 bits per heavy atom. The van der Waals surface area contributed by atoms with Crippen molar-refractivity contribution in [1.82, 2.24) is 9.80 Å². The van der Waals surface area contributed by atoms with Crippen LogP contribution in [0.5, 0.6) is 11.5 Å². The van der Waals surface area contributed by atoms with Gasteiger partial charge in [0.1, 0.15) is 12.7 Å². The van der Waals surface area contributed by atoms with Gasteiger partial charge in [0.2, 0.25) is 5.91 Å². The molecule has 1 saturated heterocycles. The summed E-state index contributed by atoms with van der Waals surface area (Å²) in [4.78, 5) is 16.5. The molecule has 1 amide bonds. The topological polar surface area (TPSA) is 74.3 Å². The summed E-state index contributed by atoms with van der Waals surface area (Å²) in [5, 5.41) is 13.3. The predicted molar refractivity (Wildman–Crippen MR) is 122 cm³/mol. The average Bonchev–Trinajstić information content (AvgIpc) is 2.85. The molecule has 0 radical (unpaired) electrons. The van der Waals surface area contributed by atoms with Crippen molar-refractivity contribution in [2.45, 2.75) is 20.0 Å². The fraction of sp³-hybridized carbons (Fsp3) is 0.458. The van der Waals surface area contributed by atoms with Gasteiger partial charge in [-0.3, -0.25) is 14.6 Å². The van der Waals surface area contributed by atoms with Gasteiger partial charge in [-0.15, -0.1) is 0 Å². The molecule has 2 aromatic rings. The highest BCUT2D eigenvalue weighted by Crippen LogP contribution is 2.25. The van der Waals surface area contributed by atoms with Crippen LogP contribution >= 0.6 is 0 Å². The molecule has 1 aliphatic rings. The van der Waals surface area contributed by atoms with Crippen LogP contribution in [0.2, 0.25) is 0 Å². The van der Waals surface area contributed by atoms with Crippen molar-refractivity contribution >= 4 is 11.6 Å². The van der Waals surface area contributed by atoms with Crippen LogP contribution in [0.25, 0.3) is 0 Å². The van der Waals surface area contributed by atoms with E-state index in [2.05, 4.69) is 5.32 Å². The van der Waals surface area contributed by atoms with Gasteiger partial charge in [-0.1, -0.05) is 30.3 Å². The van der Waals surface area contributed by atoms with Crippen molar-refractivity contribution < 1.29 is 26.2 Å². The van der Waals surface area contributed by atoms with E-state index in [0.29, 0.717) is 48.7 Å². The summed E-state index contributed by atoms with van der Waals surface area (Å²) in [7, 11) is 1.46. The van der Waals surface area contributed by atoms with Crippen LogP contribution in [-0.4, -0.2) is 79.9 Å². The van der Waals surface area contributed by atoms with E-state index >= 15 is 0 Å². The number of ether oxygens (including phenoxy) is 2. The number of carbonyl (C=O) groups is 1. The first kappa shape index (κ1) is 17.0. The first-order valence-corrected chi connectivity index (χ1v) is 10.3. The number of rotatable bonds is 9. The molecule has 2 aromatic carbocycles. The molecule has 1 aliphatic heterocycles. The monoisotopic (exact) mass is 432 g/mol. The second kappa shape index (κ2) is 11.1. The van der Waals surface area contributed by atoms with E-state index in [1.54, 1.807) is 38.1 Å². The zero-order valence-electron chi connectivity index (χ0n) is 23.2. The van der Waals surface area contributed by atoms with E-state index in [4.69, 9.17) is 16.3 Å². The van der Waals surface area contributed by atoms with E-state index < -0.39 is 12.7 Å². The van der Waals surface area contributed by atoms with Gasteiger partial charge < -0.3 is 19.9 Å². The van der Waals surface area contributed by atoms with E-state index in [9.17, 15) is 9.90 Å². The number of aliphatic hydroxyl groups is 1. The Labute approximate surface area is 191 Å². The van der Waals surface area contributed by atoms with Gasteiger partial charge in [-0.25, -0.2) is 0 Å². The van der Waals surface area contributed by atoms with Crippen molar-refractivity contribution in [3.63, 3.8) is 0 Å². The lowest BCUT2D eigenvalue weighted by atomic mass is 10.1. The van der Waals surface area contributed by atoms with Crippen molar-refractivity contribution in [2.24, 2.45) is 0 Å². The van der Waals surface area contributed by atoms with Gasteiger partial charge in [0, 0.05) is 38.4 Å². The van der Waals surface area contributed by atoms with Crippen molar-refractivity contribution in [3.8, 4) is 11.5 Å². The van der Waals surface area contributed by atoms with Gasteiger partial charge in [0.25, 0.3) is 0 Å². The number of hydrogen-bond acceptors (Lipinski definition) is 6. The van der Waals surface area contributed by atoms with Gasteiger partial charge in [0.15, 0.2) is 11.5 Å². The molecule has 0 aromatic heterocycles. The van der Waals surface area contributed by atoms with Gasteiger partial charge >= 0.3 is 0 Å². The van der Waals surface area contributed by atoms with Crippen LogP contribution in [0.15, 0.2) is 42.4 Å². The van der Waals surface area contributed by atoms with E-state index in [1.807, 2.05) is 9.80 Å². The highest BCUT2D eigenvalue weighted by atomic mass is 16.5. The third-order valence-electron chi connectivity index (χ3n) is 5.15. The minimum atomic E-state index is -2.33. The van der Waals surface area contributed by atoms with E-state index in [-0.39, 0.29) is 42.9 Å². The number of β-amino-alcohol motifs (C(OH)–C–C–N with tert-alkyl or cyclic N) is 1. The summed E-state index contributed by atoms with van der Waals surface area (Å²) in [5.41, 5.74) is 1.33. The number of nitrogens with zero attached hydrogens (tertiary/aromatic N) is 2. The normalized spacial score (nSPS) is 18.8. The lowest BCUT2D eigenvalue weighted by Gasteiger charge is -2.35. The Hall–Kier alpha value is -2.61. The maximum atomic E-state index is 12.7. The van der Waals surface area contributed by atoms with Crippen LogP contribution in [0.1, 0.15) is 18.0 Å². The summed E-state index contributed by atoms with van der Waals surface area (Å²) < 4.78 is 50.8. The number of aliphatic hydroxyl groups excluding tert-OH is 1. The third kappa shape index (κ3) is 6.69. The van der Waals surface area contributed by atoms with Crippen LogP contribution in [0.4, 0.5) is 5.69 Å². The molecule has 1 unspecified atom stereocenters. The minimum absolute atomic E-state index is 0.0670. The summed E-state index contributed by atoms with van der Waals surface area (Å²) in [6.45, 7) is 3.34. The Bertz CT molecular complexity index is 1060. The molecular formula is C24H33N3O4. The lowest BCUT2D eigenvalue weighted by Crippen LogP contribution is -2.50. The largest absolute Gasteiger partial charge is 0.493 e. The second-order valence-electron chi connectivity index (χ2n) is 7.51. The number of hydrogen-bond donors (Lipinski definition) is 2. The summed E-state index contributed by atoms with van der Waals surface area (Å²) in [6.07, 6.45) is -1.40. The lowest BCUT2D eigenvalue weighted by molar-refractivity contribution is -0.117. The standard InChI is InChI=1S/C24H33N3O4/c1-18-7-6-8-19(2)24(18)25-23(29)16-27-13-11-26(12-14-27)15-20(28)17-31-22-10-5-4-9-21(22)30-3/h4-10,20,28H,11-17H2,1-3H3,(H,25,29)/i6D,7D,8D,17D2. The molecular weight excluding hydrogens is 394 g/mol. The highest BCUT2D eigenvalue weighted by Gasteiger charge is 2.21. The van der Waals surface area contributed by atoms with Crippen LogP contribution in [0.3, 0.4) is 0 Å². The Morgan fingerprint density at radius 2 is 1.77 bits per heavy atom. The maximum Gasteiger partial charge on any atom is 0.238 e. The molecule has 1 fully saturated rings. The second-order valence-corrected chi connectivity index (χ2v) is 7.51. The highest BCUT2D eigenvalue weighted by molar-refractivity contribution is 5.93. The summed E-state index contributed by atoms with van der Waals surface area (Å²) >= 11 is 0. The Kier molecular flexibility index (Phi) is 6.11. The van der Waals surface area contributed by atoms with Crippen LogP contribution < -0.4 is 14.8 Å². The molecule has 7 nitrogen and oxygen atoms in total. The Morgan fingerprint density at radius 1 is 1.16 bits per heavy atom. The number of carbonyl (C=O) groups excluding carboxylic acids is 1. The van der Waals surface area contributed by atoms with Gasteiger partial charge in [0.05, 0.1) is 20.5 Å². The number of para-hydroxylation sites is 3. The summed E-state index contributed by atoms with van der Waals surface area (Å²) in [6, 6.07) is 6.38. The number of amides is 1. The zero-order valence-corrected chi connectivity index (χ0v) is 18.2. The van der Waals surface area contributed by atoms with Crippen LogP contribution in [-0.2, 0) is 4.79 Å². The molecule has 0 aliphatic carbocycles. The molecule has 31 heavy (non-hydrogen) atoms. The zero-order chi connectivity index (χ0) is 26.6. The van der Waals surface area contributed by atoms with E-state index in [0.717, 1.165) is 0 Å². The minimum Gasteiger partial charge on any atom is -0.493 e. The fourth-order valence-corrected chi connectivity index (χ4v) is 3.44. The molecule has 1 atom stereocenters. The van der Waals surface area contributed by atoms with Crippen molar-refractivity contribution in [3.05, 3.63) is 53.5 Å². The van der Waals surface area contributed by atoms with Gasteiger partial charge in [-0.05, 0) is 37.1 Å². The first-order chi connectivity index (χ1) is 16.9. The molecule has 0 bridgehead atoms. The quantitative estimate of drug-likeness (QED) is 0.634.